The maximum absolute atomic E-state index is 9.80. The minimum atomic E-state index is -0.419. The highest BCUT2D eigenvalue weighted by Crippen LogP contribution is 2.28. The van der Waals surface area contributed by atoms with Gasteiger partial charge >= 0.3 is 0 Å². The van der Waals surface area contributed by atoms with Gasteiger partial charge in [-0.3, -0.25) is 0 Å². The number of hydrogen-bond acceptors (Lipinski definition) is 3. The van der Waals surface area contributed by atoms with Crippen molar-refractivity contribution in [1.29, 1.82) is 0 Å². The van der Waals surface area contributed by atoms with Crippen LogP contribution in [-0.2, 0) is 4.74 Å². The van der Waals surface area contributed by atoms with Gasteiger partial charge in [0, 0.05) is 24.3 Å². The molecule has 3 heteroatoms. The molecule has 1 aliphatic rings. The molecule has 16 heavy (non-hydrogen) atoms. The lowest BCUT2D eigenvalue weighted by Gasteiger charge is -2.31. The van der Waals surface area contributed by atoms with Crippen LogP contribution in [0.15, 0.2) is 18.2 Å². The molecule has 0 radical (unpaired) electrons. The highest BCUT2D eigenvalue weighted by molar-refractivity contribution is 5.56. The van der Waals surface area contributed by atoms with E-state index in [0.717, 1.165) is 37.6 Å². The van der Waals surface area contributed by atoms with E-state index in [4.69, 9.17) is 4.74 Å². The summed E-state index contributed by atoms with van der Waals surface area (Å²) in [6.45, 7) is 7.22. The lowest BCUT2D eigenvalue weighted by atomic mass is 10.0. The van der Waals surface area contributed by atoms with Gasteiger partial charge in [-0.2, -0.15) is 0 Å². The standard InChI is InChI=1S/C13H19NO2/c1-10-3-4-13(12(9-10)11(2)15)14-5-7-16-8-6-14/h3-4,9,11,15H,5-8H2,1-2H3. The van der Waals surface area contributed by atoms with Gasteiger partial charge in [-0.1, -0.05) is 17.7 Å². The average molecular weight is 221 g/mol. The molecule has 1 atom stereocenters. The van der Waals surface area contributed by atoms with Crippen LogP contribution in [0.1, 0.15) is 24.2 Å². The van der Waals surface area contributed by atoms with Gasteiger partial charge in [0.2, 0.25) is 0 Å². The first-order valence-electron chi connectivity index (χ1n) is 5.80. The summed E-state index contributed by atoms with van der Waals surface area (Å²) in [7, 11) is 0. The number of aliphatic hydroxyl groups excluding tert-OH is 1. The molecule has 0 aromatic heterocycles. The lowest BCUT2D eigenvalue weighted by Crippen LogP contribution is -2.36. The van der Waals surface area contributed by atoms with Crippen molar-refractivity contribution in [3.8, 4) is 0 Å². The normalized spacial score (nSPS) is 18.6. The van der Waals surface area contributed by atoms with Crippen LogP contribution in [0.25, 0.3) is 0 Å². The Bertz CT molecular complexity index is 357. The summed E-state index contributed by atoms with van der Waals surface area (Å²) in [6.07, 6.45) is -0.419. The molecule has 0 bridgehead atoms. The van der Waals surface area contributed by atoms with E-state index in [0.29, 0.717) is 0 Å². The number of benzene rings is 1. The molecule has 1 aliphatic heterocycles. The molecule has 88 valence electrons. The van der Waals surface area contributed by atoms with Crippen molar-refractivity contribution in [1.82, 2.24) is 0 Å². The van der Waals surface area contributed by atoms with E-state index in [1.807, 2.05) is 6.92 Å². The molecular weight excluding hydrogens is 202 g/mol. The van der Waals surface area contributed by atoms with Crippen molar-refractivity contribution in [3.05, 3.63) is 29.3 Å². The molecule has 1 aromatic rings. The second-order valence-electron chi connectivity index (χ2n) is 4.34. The van der Waals surface area contributed by atoms with Gasteiger partial charge < -0.3 is 14.7 Å². The van der Waals surface area contributed by atoms with E-state index in [1.54, 1.807) is 0 Å². The molecule has 1 heterocycles. The third-order valence-electron chi connectivity index (χ3n) is 2.98. The van der Waals surface area contributed by atoms with E-state index in [-0.39, 0.29) is 0 Å². The maximum atomic E-state index is 9.80. The van der Waals surface area contributed by atoms with E-state index in [1.165, 1.54) is 5.56 Å². The molecule has 0 spiro atoms. The molecule has 0 saturated carbocycles. The van der Waals surface area contributed by atoms with Crippen LogP contribution in [-0.4, -0.2) is 31.4 Å². The minimum absolute atomic E-state index is 0.419. The summed E-state index contributed by atoms with van der Waals surface area (Å²) in [4.78, 5) is 2.28. The third kappa shape index (κ3) is 2.36. The highest BCUT2D eigenvalue weighted by Gasteiger charge is 2.16. The van der Waals surface area contributed by atoms with Gasteiger partial charge in [0.1, 0.15) is 0 Å². The number of rotatable bonds is 2. The average Bonchev–Trinajstić information content (AvgIpc) is 2.30. The summed E-state index contributed by atoms with van der Waals surface area (Å²) in [6, 6.07) is 6.26. The van der Waals surface area contributed by atoms with Crippen molar-refractivity contribution < 1.29 is 9.84 Å². The predicted octanol–water partition coefficient (Wildman–Crippen LogP) is 1.88. The summed E-state index contributed by atoms with van der Waals surface area (Å²) < 4.78 is 5.34. The Hall–Kier alpha value is -1.06. The van der Waals surface area contributed by atoms with Gasteiger partial charge in [-0.05, 0) is 19.9 Å². The summed E-state index contributed by atoms with van der Waals surface area (Å²) >= 11 is 0. The summed E-state index contributed by atoms with van der Waals surface area (Å²) in [5, 5.41) is 9.80. The van der Waals surface area contributed by atoms with Gasteiger partial charge in [0.15, 0.2) is 0 Å². The molecule has 0 aliphatic carbocycles. The SMILES string of the molecule is Cc1ccc(N2CCOCC2)c(C(C)O)c1. The second kappa shape index (κ2) is 4.85. The van der Waals surface area contributed by atoms with E-state index in [2.05, 4.69) is 30.0 Å². The molecule has 1 N–H and O–H groups in total. The van der Waals surface area contributed by atoms with Crippen LogP contribution >= 0.6 is 0 Å². The molecule has 3 nitrogen and oxygen atoms in total. The highest BCUT2D eigenvalue weighted by atomic mass is 16.5. The fraction of sp³-hybridized carbons (Fsp3) is 0.538. The zero-order valence-electron chi connectivity index (χ0n) is 9.94. The quantitative estimate of drug-likeness (QED) is 0.827. The Morgan fingerprint density at radius 2 is 2.00 bits per heavy atom. The number of anilines is 1. The van der Waals surface area contributed by atoms with E-state index >= 15 is 0 Å². The van der Waals surface area contributed by atoms with Crippen LogP contribution in [0.5, 0.6) is 0 Å². The Kier molecular flexibility index (Phi) is 3.46. The third-order valence-corrected chi connectivity index (χ3v) is 2.98. The Morgan fingerprint density at radius 1 is 1.31 bits per heavy atom. The fourth-order valence-electron chi connectivity index (χ4n) is 2.10. The van der Waals surface area contributed by atoms with Gasteiger partial charge in [-0.25, -0.2) is 0 Å². The molecule has 1 unspecified atom stereocenters. The van der Waals surface area contributed by atoms with E-state index in [9.17, 15) is 5.11 Å². The van der Waals surface area contributed by atoms with Crippen LogP contribution < -0.4 is 4.90 Å². The maximum Gasteiger partial charge on any atom is 0.0782 e. The molecule has 2 rings (SSSR count). The zero-order chi connectivity index (χ0) is 11.5. The molecule has 0 amide bonds. The monoisotopic (exact) mass is 221 g/mol. The number of ether oxygens (including phenoxy) is 1. The lowest BCUT2D eigenvalue weighted by molar-refractivity contribution is 0.122. The van der Waals surface area contributed by atoms with Crippen molar-refractivity contribution in [3.63, 3.8) is 0 Å². The van der Waals surface area contributed by atoms with Gasteiger partial charge in [0.25, 0.3) is 0 Å². The van der Waals surface area contributed by atoms with E-state index < -0.39 is 6.10 Å². The van der Waals surface area contributed by atoms with Crippen molar-refractivity contribution in [2.75, 3.05) is 31.2 Å². The number of hydrogen-bond donors (Lipinski definition) is 1. The Morgan fingerprint density at radius 3 is 2.62 bits per heavy atom. The van der Waals surface area contributed by atoms with Crippen LogP contribution in [0.2, 0.25) is 0 Å². The minimum Gasteiger partial charge on any atom is -0.389 e. The van der Waals surface area contributed by atoms with Gasteiger partial charge in [-0.15, -0.1) is 0 Å². The molecule has 1 saturated heterocycles. The summed E-state index contributed by atoms with van der Waals surface area (Å²) in [5.74, 6) is 0. The number of morpholine rings is 1. The molecule has 1 fully saturated rings. The first kappa shape index (κ1) is 11.4. The van der Waals surface area contributed by atoms with Crippen molar-refractivity contribution in [2.24, 2.45) is 0 Å². The first-order valence-corrected chi connectivity index (χ1v) is 5.80. The number of nitrogens with zero attached hydrogens (tertiary/aromatic N) is 1. The number of aryl methyl sites for hydroxylation is 1. The topological polar surface area (TPSA) is 32.7 Å². The predicted molar refractivity (Wildman–Crippen MR) is 64.8 cm³/mol. The van der Waals surface area contributed by atoms with Crippen molar-refractivity contribution >= 4 is 5.69 Å². The first-order chi connectivity index (χ1) is 7.68. The fourth-order valence-corrected chi connectivity index (χ4v) is 2.10. The second-order valence-corrected chi connectivity index (χ2v) is 4.34. The van der Waals surface area contributed by atoms with Gasteiger partial charge in [0.05, 0.1) is 19.3 Å². The largest absolute Gasteiger partial charge is 0.389 e. The van der Waals surface area contributed by atoms with Crippen LogP contribution in [0, 0.1) is 6.92 Å². The summed E-state index contributed by atoms with van der Waals surface area (Å²) in [5.41, 5.74) is 3.35. The number of aliphatic hydroxyl groups is 1. The van der Waals surface area contributed by atoms with Crippen LogP contribution in [0.4, 0.5) is 5.69 Å². The van der Waals surface area contributed by atoms with Crippen LogP contribution in [0.3, 0.4) is 0 Å². The van der Waals surface area contributed by atoms with Crippen molar-refractivity contribution in [2.45, 2.75) is 20.0 Å². The molecule has 1 aromatic carbocycles. The Labute approximate surface area is 96.6 Å². The zero-order valence-corrected chi connectivity index (χ0v) is 9.94. The molecular formula is C13H19NO2. The smallest absolute Gasteiger partial charge is 0.0782 e. The Balaban J connectivity index is 2.31.